The van der Waals surface area contributed by atoms with E-state index in [1.807, 2.05) is 6.07 Å². The van der Waals surface area contributed by atoms with E-state index in [4.69, 9.17) is 20.8 Å². The van der Waals surface area contributed by atoms with Crippen LogP contribution in [0.25, 0.3) is 0 Å². The number of rotatable bonds is 6. The Morgan fingerprint density at radius 3 is 3.00 bits per heavy atom. The van der Waals surface area contributed by atoms with Crippen LogP contribution in [0.15, 0.2) is 33.4 Å². The molecule has 1 aliphatic carbocycles. The summed E-state index contributed by atoms with van der Waals surface area (Å²) in [6.07, 6.45) is 4.09. The molecule has 0 saturated heterocycles. The summed E-state index contributed by atoms with van der Waals surface area (Å²) in [6, 6.07) is 5.24. The molecule has 0 aliphatic heterocycles. The molecule has 112 valence electrons. The minimum atomic E-state index is -0.502. The van der Waals surface area contributed by atoms with Crippen LogP contribution in [0.2, 0.25) is 5.02 Å². The van der Waals surface area contributed by atoms with Gasteiger partial charge in [-0.25, -0.2) is 4.39 Å². The average molecular weight is 375 g/mol. The molecule has 0 spiro atoms. The van der Waals surface area contributed by atoms with Crippen LogP contribution < -0.4 is 10.1 Å². The van der Waals surface area contributed by atoms with Crippen LogP contribution in [0.4, 0.5) is 4.39 Å². The van der Waals surface area contributed by atoms with Gasteiger partial charge in [0.2, 0.25) is 0 Å². The molecule has 0 radical (unpaired) electrons. The summed E-state index contributed by atoms with van der Waals surface area (Å²) in [7, 11) is 0. The van der Waals surface area contributed by atoms with Crippen molar-refractivity contribution in [1.82, 2.24) is 5.32 Å². The summed E-state index contributed by atoms with van der Waals surface area (Å²) in [6.45, 7) is 1.00. The zero-order chi connectivity index (χ0) is 14.8. The molecule has 0 amide bonds. The molecule has 0 unspecified atom stereocenters. The molecule has 2 aromatic rings. The first-order valence-electron chi connectivity index (χ1n) is 6.69. The Hall–Kier alpha value is -1.04. The van der Waals surface area contributed by atoms with Crippen molar-refractivity contribution in [3.63, 3.8) is 0 Å². The maximum absolute atomic E-state index is 13.5. The third-order valence-corrected chi connectivity index (χ3v) is 4.23. The zero-order valence-corrected chi connectivity index (χ0v) is 13.5. The summed E-state index contributed by atoms with van der Waals surface area (Å²) in [4.78, 5) is 0. The quantitative estimate of drug-likeness (QED) is 0.746. The lowest BCUT2D eigenvalue weighted by atomic mass is 10.2. The number of hydrogen-bond donors (Lipinski definition) is 1. The molecule has 1 fully saturated rings. The van der Waals surface area contributed by atoms with Gasteiger partial charge in [0.25, 0.3) is 0 Å². The fraction of sp³-hybridized carbons (Fsp3) is 0.333. The molecular formula is C15H14BrClFNO2. The second-order valence-electron chi connectivity index (χ2n) is 5.01. The molecule has 1 aromatic heterocycles. The molecular weight excluding hydrogens is 361 g/mol. The lowest BCUT2D eigenvalue weighted by Gasteiger charge is -2.09. The average Bonchev–Trinajstić information content (AvgIpc) is 3.18. The van der Waals surface area contributed by atoms with Gasteiger partial charge in [-0.2, -0.15) is 0 Å². The van der Waals surface area contributed by atoms with Gasteiger partial charge in [0.05, 0.1) is 22.3 Å². The van der Waals surface area contributed by atoms with Crippen molar-refractivity contribution >= 4 is 27.5 Å². The summed E-state index contributed by atoms with van der Waals surface area (Å²) in [5.74, 6) is 0.768. The first kappa shape index (κ1) is 14.9. The molecule has 0 atom stereocenters. The molecule has 21 heavy (non-hydrogen) atoms. The van der Waals surface area contributed by atoms with Crippen molar-refractivity contribution in [3.05, 3.63) is 51.1 Å². The summed E-state index contributed by atoms with van der Waals surface area (Å²) in [5, 5.41) is 3.45. The third kappa shape index (κ3) is 3.78. The zero-order valence-electron chi connectivity index (χ0n) is 11.2. The van der Waals surface area contributed by atoms with E-state index in [-0.39, 0.29) is 5.02 Å². The van der Waals surface area contributed by atoms with Crippen LogP contribution in [0.1, 0.15) is 24.2 Å². The number of ether oxygens (including phenoxy) is 1. The van der Waals surface area contributed by atoms with Crippen molar-refractivity contribution in [2.75, 3.05) is 0 Å². The monoisotopic (exact) mass is 373 g/mol. The minimum Gasteiger partial charge on any atom is -0.487 e. The van der Waals surface area contributed by atoms with E-state index >= 15 is 0 Å². The number of halogens is 3. The van der Waals surface area contributed by atoms with Gasteiger partial charge < -0.3 is 14.5 Å². The van der Waals surface area contributed by atoms with E-state index < -0.39 is 5.82 Å². The maximum Gasteiger partial charge on any atom is 0.145 e. The molecule has 3 nitrogen and oxygen atoms in total. The normalized spacial score (nSPS) is 14.4. The van der Waals surface area contributed by atoms with E-state index in [2.05, 4.69) is 21.2 Å². The topological polar surface area (TPSA) is 34.4 Å². The molecule has 1 aliphatic rings. The van der Waals surface area contributed by atoms with Crippen molar-refractivity contribution in [2.24, 2.45) is 0 Å². The van der Waals surface area contributed by atoms with Gasteiger partial charge in [0.15, 0.2) is 0 Å². The summed E-state index contributed by atoms with van der Waals surface area (Å²) < 4.78 is 25.2. The molecule has 1 N–H and O–H groups in total. The highest BCUT2D eigenvalue weighted by Gasteiger charge is 2.21. The van der Waals surface area contributed by atoms with Gasteiger partial charge in [0, 0.05) is 17.7 Å². The number of nitrogens with one attached hydrogen (secondary N) is 1. The maximum atomic E-state index is 13.5. The Kier molecular flexibility index (Phi) is 4.52. The molecule has 6 heteroatoms. The predicted molar refractivity (Wildman–Crippen MR) is 82.0 cm³/mol. The SMILES string of the molecule is Fc1cc(OCc2ccoc2CNC2CC2)c(Br)cc1Cl. The number of benzene rings is 1. The second-order valence-corrected chi connectivity index (χ2v) is 6.27. The highest BCUT2D eigenvalue weighted by atomic mass is 79.9. The van der Waals surface area contributed by atoms with Crippen molar-refractivity contribution in [3.8, 4) is 5.75 Å². The van der Waals surface area contributed by atoms with Gasteiger partial charge in [-0.05, 0) is 40.9 Å². The van der Waals surface area contributed by atoms with Crippen molar-refractivity contribution in [2.45, 2.75) is 32.0 Å². The Bertz CT molecular complexity index is 643. The smallest absolute Gasteiger partial charge is 0.145 e. The largest absolute Gasteiger partial charge is 0.487 e. The molecule has 1 heterocycles. The van der Waals surface area contributed by atoms with E-state index in [1.54, 1.807) is 6.26 Å². The Morgan fingerprint density at radius 1 is 1.43 bits per heavy atom. The van der Waals surface area contributed by atoms with E-state index in [0.717, 1.165) is 11.3 Å². The van der Waals surface area contributed by atoms with Crippen LogP contribution >= 0.6 is 27.5 Å². The van der Waals surface area contributed by atoms with E-state index in [1.165, 1.54) is 25.0 Å². The van der Waals surface area contributed by atoms with E-state index in [0.29, 0.717) is 29.4 Å². The molecule has 1 aromatic carbocycles. The lowest BCUT2D eigenvalue weighted by molar-refractivity contribution is 0.298. The van der Waals surface area contributed by atoms with Crippen LogP contribution in [0.5, 0.6) is 5.75 Å². The fourth-order valence-corrected chi connectivity index (χ4v) is 2.70. The Labute approximate surface area is 135 Å². The highest BCUT2D eigenvalue weighted by Crippen LogP contribution is 2.31. The Morgan fingerprint density at radius 2 is 2.24 bits per heavy atom. The van der Waals surface area contributed by atoms with Gasteiger partial charge in [0.1, 0.15) is 23.9 Å². The van der Waals surface area contributed by atoms with Gasteiger partial charge in [-0.3, -0.25) is 0 Å². The first-order valence-corrected chi connectivity index (χ1v) is 7.86. The second kappa shape index (κ2) is 6.38. The van der Waals surface area contributed by atoms with Gasteiger partial charge in [-0.15, -0.1) is 0 Å². The minimum absolute atomic E-state index is 0.0619. The first-order chi connectivity index (χ1) is 10.1. The standard InChI is InChI=1S/C15H14BrClFNO2/c16-11-5-12(17)13(18)6-14(11)21-8-9-3-4-20-15(9)7-19-10-1-2-10/h3-6,10,19H,1-2,7-8H2. The number of hydrogen-bond acceptors (Lipinski definition) is 3. The van der Waals surface area contributed by atoms with Crippen molar-refractivity contribution < 1.29 is 13.5 Å². The summed E-state index contributed by atoms with van der Waals surface area (Å²) >= 11 is 9.01. The molecule has 1 saturated carbocycles. The van der Waals surface area contributed by atoms with Crippen LogP contribution in [0.3, 0.4) is 0 Å². The van der Waals surface area contributed by atoms with Crippen LogP contribution in [-0.2, 0) is 13.2 Å². The highest BCUT2D eigenvalue weighted by molar-refractivity contribution is 9.10. The van der Waals surface area contributed by atoms with Crippen molar-refractivity contribution in [1.29, 1.82) is 0 Å². The fourth-order valence-electron chi connectivity index (χ4n) is 1.95. The van der Waals surface area contributed by atoms with Gasteiger partial charge in [-0.1, -0.05) is 11.6 Å². The summed E-state index contributed by atoms with van der Waals surface area (Å²) in [5.41, 5.74) is 0.949. The third-order valence-electron chi connectivity index (χ3n) is 3.32. The van der Waals surface area contributed by atoms with Gasteiger partial charge >= 0.3 is 0 Å². The Balaban J connectivity index is 1.64. The van der Waals surface area contributed by atoms with Crippen LogP contribution in [-0.4, -0.2) is 6.04 Å². The van der Waals surface area contributed by atoms with Crippen LogP contribution in [0, 0.1) is 5.82 Å². The lowest BCUT2D eigenvalue weighted by Crippen LogP contribution is -2.16. The molecule has 0 bridgehead atoms. The number of furan rings is 1. The van der Waals surface area contributed by atoms with E-state index in [9.17, 15) is 4.39 Å². The molecule has 3 rings (SSSR count). The predicted octanol–water partition coefficient (Wildman–Crippen LogP) is 4.67.